The highest BCUT2D eigenvalue weighted by Crippen LogP contribution is 2.31. The summed E-state index contributed by atoms with van der Waals surface area (Å²) in [6, 6.07) is 9.99. The topological polar surface area (TPSA) is 47.6 Å². The molecule has 2 aromatic rings. The van der Waals surface area contributed by atoms with Crippen LogP contribution in [0.2, 0.25) is 10.0 Å². The number of nitrogens with one attached hydrogen (secondary N) is 1. The number of halogens is 2. The van der Waals surface area contributed by atoms with Gasteiger partial charge in [0.15, 0.2) is 11.5 Å². The normalized spacial score (nSPS) is 10.1. The van der Waals surface area contributed by atoms with Gasteiger partial charge in [0.1, 0.15) is 6.61 Å². The maximum absolute atomic E-state index is 12.4. The van der Waals surface area contributed by atoms with Crippen molar-refractivity contribution in [1.29, 1.82) is 0 Å². The number of carbonyl (C=O) groups excluding carboxylic acids is 1. The van der Waals surface area contributed by atoms with Crippen molar-refractivity contribution < 1.29 is 14.3 Å². The van der Waals surface area contributed by atoms with Crippen LogP contribution in [0.5, 0.6) is 11.5 Å². The maximum Gasteiger partial charge on any atom is 0.255 e. The molecule has 0 aromatic heterocycles. The van der Waals surface area contributed by atoms with Gasteiger partial charge >= 0.3 is 0 Å². The number of rotatable bonds is 7. The lowest BCUT2D eigenvalue weighted by atomic mass is 10.1. The zero-order valence-electron chi connectivity index (χ0n) is 13.1. The first kappa shape index (κ1) is 18.2. The van der Waals surface area contributed by atoms with Crippen LogP contribution in [0.3, 0.4) is 0 Å². The Morgan fingerprint density at radius 2 is 2.00 bits per heavy atom. The molecule has 4 nitrogen and oxygen atoms in total. The molecule has 6 heteroatoms. The van der Waals surface area contributed by atoms with Crippen LogP contribution in [0.25, 0.3) is 0 Å². The number of benzene rings is 2. The van der Waals surface area contributed by atoms with Crippen molar-refractivity contribution in [2.75, 3.05) is 18.5 Å². The van der Waals surface area contributed by atoms with Gasteiger partial charge in [-0.3, -0.25) is 4.79 Å². The molecule has 0 aliphatic carbocycles. The molecule has 0 heterocycles. The van der Waals surface area contributed by atoms with Crippen LogP contribution < -0.4 is 14.8 Å². The van der Waals surface area contributed by atoms with Crippen molar-refractivity contribution in [1.82, 2.24) is 0 Å². The molecule has 0 fully saturated rings. The zero-order chi connectivity index (χ0) is 17.5. The van der Waals surface area contributed by atoms with E-state index in [1.54, 1.807) is 42.5 Å². The van der Waals surface area contributed by atoms with Crippen LogP contribution in [-0.2, 0) is 0 Å². The van der Waals surface area contributed by atoms with Crippen LogP contribution in [0.15, 0.2) is 49.1 Å². The summed E-state index contributed by atoms with van der Waals surface area (Å²) in [5.74, 6) is 0.716. The van der Waals surface area contributed by atoms with E-state index in [9.17, 15) is 4.79 Å². The van der Waals surface area contributed by atoms with E-state index in [0.29, 0.717) is 46.0 Å². The molecular formula is C18H17Cl2NO3. The summed E-state index contributed by atoms with van der Waals surface area (Å²) in [6.07, 6.45) is 1.64. The van der Waals surface area contributed by atoms with Gasteiger partial charge < -0.3 is 14.8 Å². The predicted octanol–water partition coefficient (Wildman–Crippen LogP) is 5.21. The van der Waals surface area contributed by atoms with Crippen LogP contribution in [-0.4, -0.2) is 19.1 Å². The second kappa shape index (κ2) is 8.62. The minimum atomic E-state index is -0.324. The van der Waals surface area contributed by atoms with Gasteiger partial charge in [-0.25, -0.2) is 0 Å². The fourth-order valence-electron chi connectivity index (χ4n) is 1.98. The Kier molecular flexibility index (Phi) is 6.53. The largest absolute Gasteiger partial charge is 0.490 e. The highest BCUT2D eigenvalue weighted by Gasteiger charge is 2.13. The minimum Gasteiger partial charge on any atom is -0.490 e. The summed E-state index contributed by atoms with van der Waals surface area (Å²) in [7, 11) is 0. The lowest BCUT2D eigenvalue weighted by molar-refractivity contribution is 0.102. The molecule has 0 bridgehead atoms. The van der Waals surface area contributed by atoms with Crippen molar-refractivity contribution in [3.8, 4) is 11.5 Å². The first-order valence-corrected chi connectivity index (χ1v) is 8.08. The summed E-state index contributed by atoms with van der Waals surface area (Å²) in [6.45, 7) is 6.27. The summed E-state index contributed by atoms with van der Waals surface area (Å²) < 4.78 is 11.0. The SMILES string of the molecule is C=CCOc1ccc(C(=O)Nc2cccc(Cl)c2Cl)cc1OCC. The van der Waals surface area contributed by atoms with Crippen molar-refractivity contribution in [3.05, 3.63) is 64.7 Å². The van der Waals surface area contributed by atoms with Gasteiger partial charge in [-0.05, 0) is 37.3 Å². The van der Waals surface area contributed by atoms with E-state index in [0.717, 1.165) is 0 Å². The van der Waals surface area contributed by atoms with Gasteiger partial charge in [0.05, 0.1) is 22.3 Å². The number of ether oxygens (including phenoxy) is 2. The van der Waals surface area contributed by atoms with Gasteiger partial charge in [-0.1, -0.05) is 41.9 Å². The number of hydrogen-bond acceptors (Lipinski definition) is 3. The van der Waals surface area contributed by atoms with Crippen LogP contribution in [0, 0.1) is 0 Å². The van der Waals surface area contributed by atoms with Crippen molar-refractivity contribution >= 4 is 34.8 Å². The van der Waals surface area contributed by atoms with Gasteiger partial charge in [0, 0.05) is 5.56 Å². The Morgan fingerprint density at radius 3 is 2.71 bits per heavy atom. The molecule has 1 N–H and O–H groups in total. The average Bonchev–Trinajstić information content (AvgIpc) is 2.58. The maximum atomic E-state index is 12.4. The molecule has 0 spiro atoms. The summed E-state index contributed by atoms with van der Waals surface area (Å²) >= 11 is 12.0. The molecule has 126 valence electrons. The van der Waals surface area contributed by atoms with Crippen LogP contribution >= 0.6 is 23.2 Å². The molecule has 24 heavy (non-hydrogen) atoms. The molecule has 0 unspecified atom stereocenters. The number of amides is 1. The first-order chi connectivity index (χ1) is 11.6. The van der Waals surface area contributed by atoms with E-state index in [-0.39, 0.29) is 5.91 Å². The first-order valence-electron chi connectivity index (χ1n) is 7.32. The predicted molar refractivity (Wildman–Crippen MR) is 97.7 cm³/mol. The van der Waals surface area contributed by atoms with Gasteiger partial charge in [-0.15, -0.1) is 0 Å². The summed E-state index contributed by atoms with van der Waals surface area (Å²) in [5, 5.41) is 3.40. The molecule has 0 atom stereocenters. The van der Waals surface area contributed by atoms with E-state index in [4.69, 9.17) is 32.7 Å². The van der Waals surface area contributed by atoms with E-state index < -0.39 is 0 Å². The fraction of sp³-hybridized carbons (Fsp3) is 0.167. The molecule has 0 saturated carbocycles. The third kappa shape index (κ3) is 4.43. The number of hydrogen-bond donors (Lipinski definition) is 1. The second-order valence-corrected chi connectivity index (χ2v) is 5.53. The molecule has 0 saturated heterocycles. The van der Waals surface area contributed by atoms with Gasteiger partial charge in [-0.2, -0.15) is 0 Å². The molecule has 0 radical (unpaired) electrons. The molecule has 2 aromatic carbocycles. The third-order valence-electron chi connectivity index (χ3n) is 3.06. The van der Waals surface area contributed by atoms with Crippen molar-refractivity contribution in [2.45, 2.75) is 6.92 Å². The number of anilines is 1. The second-order valence-electron chi connectivity index (χ2n) is 4.75. The lowest BCUT2D eigenvalue weighted by Crippen LogP contribution is -2.12. The van der Waals surface area contributed by atoms with E-state index in [2.05, 4.69) is 11.9 Å². The van der Waals surface area contributed by atoms with Gasteiger partial charge in [0.2, 0.25) is 0 Å². The van der Waals surface area contributed by atoms with Crippen molar-refractivity contribution in [3.63, 3.8) is 0 Å². The van der Waals surface area contributed by atoms with Crippen molar-refractivity contribution in [2.24, 2.45) is 0 Å². The Hall–Kier alpha value is -2.17. The quantitative estimate of drug-likeness (QED) is 0.685. The molecule has 0 aliphatic rings. The fourth-order valence-corrected chi connectivity index (χ4v) is 2.33. The van der Waals surface area contributed by atoms with E-state index >= 15 is 0 Å². The Morgan fingerprint density at radius 1 is 1.21 bits per heavy atom. The van der Waals surface area contributed by atoms with Crippen LogP contribution in [0.1, 0.15) is 17.3 Å². The monoisotopic (exact) mass is 365 g/mol. The van der Waals surface area contributed by atoms with E-state index in [1.807, 2.05) is 6.92 Å². The molecular weight excluding hydrogens is 349 g/mol. The third-order valence-corrected chi connectivity index (χ3v) is 3.88. The number of carbonyl (C=O) groups is 1. The molecule has 2 rings (SSSR count). The smallest absolute Gasteiger partial charge is 0.255 e. The highest BCUT2D eigenvalue weighted by atomic mass is 35.5. The highest BCUT2D eigenvalue weighted by molar-refractivity contribution is 6.44. The molecule has 0 aliphatic heterocycles. The summed E-state index contributed by atoms with van der Waals surface area (Å²) in [4.78, 5) is 12.4. The Labute approximate surface area is 151 Å². The Bertz CT molecular complexity index is 747. The standard InChI is InChI=1S/C18H17Cl2NO3/c1-3-10-24-15-9-8-12(11-16(15)23-4-2)18(22)21-14-7-5-6-13(19)17(14)20/h3,5-9,11H,1,4,10H2,2H3,(H,21,22). The van der Waals surface area contributed by atoms with Gasteiger partial charge in [0.25, 0.3) is 5.91 Å². The van der Waals surface area contributed by atoms with Crippen LogP contribution in [0.4, 0.5) is 5.69 Å². The average molecular weight is 366 g/mol. The Balaban J connectivity index is 2.24. The zero-order valence-corrected chi connectivity index (χ0v) is 14.7. The molecule has 1 amide bonds. The lowest BCUT2D eigenvalue weighted by Gasteiger charge is -2.13. The van der Waals surface area contributed by atoms with E-state index in [1.165, 1.54) is 0 Å². The summed E-state index contributed by atoms with van der Waals surface area (Å²) in [5.41, 5.74) is 0.861. The minimum absolute atomic E-state index is 0.295.